The van der Waals surface area contributed by atoms with Crippen LogP contribution in [0.4, 0.5) is 22.7 Å². The quantitative estimate of drug-likeness (QED) is 0.191. The predicted octanol–water partition coefficient (Wildman–Crippen LogP) is 2.94. The van der Waals surface area contributed by atoms with Crippen molar-refractivity contribution in [2.45, 2.75) is 11.4 Å². The van der Waals surface area contributed by atoms with E-state index in [1.807, 2.05) is 35.0 Å². The Labute approximate surface area is 271 Å². The summed E-state index contributed by atoms with van der Waals surface area (Å²) < 4.78 is 39.1. The third kappa shape index (κ3) is 7.12. The smallest absolute Gasteiger partial charge is 0.293 e. The van der Waals surface area contributed by atoms with Crippen LogP contribution in [-0.4, -0.2) is 105 Å². The van der Waals surface area contributed by atoms with Gasteiger partial charge in [0.15, 0.2) is 11.5 Å². The van der Waals surface area contributed by atoms with Crippen LogP contribution in [0.1, 0.15) is 11.1 Å². The van der Waals surface area contributed by atoms with Crippen molar-refractivity contribution in [3.63, 3.8) is 0 Å². The van der Waals surface area contributed by atoms with Crippen LogP contribution in [0.2, 0.25) is 0 Å². The predicted molar refractivity (Wildman–Crippen MR) is 174 cm³/mol. The van der Waals surface area contributed by atoms with Gasteiger partial charge in [-0.15, -0.1) is 0 Å². The van der Waals surface area contributed by atoms with Crippen molar-refractivity contribution in [1.82, 2.24) is 14.1 Å². The molecule has 0 unspecified atom stereocenters. The molecule has 1 N–H and O–H groups in total. The van der Waals surface area contributed by atoms with Crippen LogP contribution >= 0.6 is 0 Å². The Morgan fingerprint density at radius 3 is 2.34 bits per heavy atom. The lowest BCUT2D eigenvalue weighted by atomic mass is 10.1. The number of ether oxygens (including phenoxy) is 2. The summed E-state index contributed by atoms with van der Waals surface area (Å²) in [5.74, 6) is 1.47. The molecule has 2 saturated heterocycles. The van der Waals surface area contributed by atoms with Gasteiger partial charge in [-0.3, -0.25) is 30.6 Å². The number of likely N-dealkylation sites (N-methyl/N-ethyl adjacent to an activating group) is 1. The Bertz CT molecular complexity index is 1810. The summed E-state index contributed by atoms with van der Waals surface area (Å²) in [4.78, 5) is 28.4. The molecule has 16 nitrogen and oxygen atoms in total. The first-order valence-corrected chi connectivity index (χ1v) is 16.4. The van der Waals surface area contributed by atoms with Crippen molar-refractivity contribution in [1.29, 1.82) is 0 Å². The maximum atomic E-state index is 13.5. The number of nitrogens with one attached hydrogen (secondary N) is 1. The van der Waals surface area contributed by atoms with E-state index in [9.17, 15) is 28.6 Å². The van der Waals surface area contributed by atoms with Gasteiger partial charge < -0.3 is 19.3 Å². The Morgan fingerprint density at radius 2 is 1.62 bits per heavy atom. The summed E-state index contributed by atoms with van der Waals surface area (Å²) in [5, 5.41) is 27.7. The fourth-order valence-corrected chi connectivity index (χ4v) is 7.34. The Balaban J connectivity index is 1.14. The molecule has 3 aromatic carbocycles. The molecule has 0 radical (unpaired) electrons. The van der Waals surface area contributed by atoms with Gasteiger partial charge in [-0.25, -0.2) is 8.42 Å². The number of hydrogen-bond acceptors (Lipinski definition) is 13. The molecule has 0 bridgehead atoms. The van der Waals surface area contributed by atoms with Crippen LogP contribution < -0.4 is 19.8 Å². The highest BCUT2D eigenvalue weighted by atomic mass is 32.2. The Kier molecular flexibility index (Phi) is 9.21. The van der Waals surface area contributed by atoms with Crippen LogP contribution in [0.15, 0.2) is 64.6 Å². The van der Waals surface area contributed by atoms with Crippen molar-refractivity contribution in [2.75, 3.05) is 76.5 Å². The first-order valence-electron chi connectivity index (χ1n) is 15.0. The topological polar surface area (TPSA) is 176 Å². The van der Waals surface area contributed by atoms with Gasteiger partial charge >= 0.3 is 0 Å². The molecule has 0 aromatic heterocycles. The second-order valence-corrected chi connectivity index (χ2v) is 13.4. The molecule has 2 fully saturated rings. The Morgan fingerprint density at radius 1 is 0.872 bits per heavy atom. The van der Waals surface area contributed by atoms with E-state index >= 15 is 0 Å². The molecule has 3 heterocycles. The minimum atomic E-state index is -4.07. The summed E-state index contributed by atoms with van der Waals surface area (Å²) in [7, 11) is -2.18. The van der Waals surface area contributed by atoms with E-state index in [0.29, 0.717) is 50.5 Å². The van der Waals surface area contributed by atoms with Crippen molar-refractivity contribution >= 4 is 39.0 Å². The van der Waals surface area contributed by atoms with Crippen molar-refractivity contribution in [3.05, 3.63) is 86.0 Å². The number of non-ortho nitro benzene ring substituents is 1. The summed E-state index contributed by atoms with van der Waals surface area (Å²) in [6.07, 6.45) is 1.34. The van der Waals surface area contributed by atoms with E-state index in [4.69, 9.17) is 9.47 Å². The molecule has 0 saturated carbocycles. The molecule has 3 aliphatic heterocycles. The molecule has 3 aliphatic rings. The number of fused-ring (bicyclic) bond motifs is 1. The number of piperazine rings is 2. The number of nitrogens with zero attached hydrogens (tertiary/aromatic N) is 7. The number of nitro benzene ring substituents is 2. The first kappa shape index (κ1) is 32.1. The highest BCUT2D eigenvalue weighted by Gasteiger charge is 2.31. The zero-order valence-electron chi connectivity index (χ0n) is 25.6. The van der Waals surface area contributed by atoms with Gasteiger partial charge in [0.05, 0.1) is 21.7 Å². The standard InChI is InChI=1S/C30H34N8O8S/c1-33-8-14-36(15-9-33)47(43,44)30-18-24(37(39)40)4-5-25(30)32-31-19-22-2-6-26(27(16-22)38(41)42)35-12-10-34(11-13-35)20-23-3-7-28-29(17-23)46-21-45-28/h2-7,16-19,32H,8-15,20-21H2,1H3/b31-19-. The SMILES string of the molecule is CN1CCN(S(=O)(=O)c2cc([N+](=O)[O-])ccc2N/N=C\c2ccc(N3CCN(Cc4ccc5c(c4)OCO5)CC3)c([N+](=O)[O-])c2)CC1. The molecule has 0 amide bonds. The van der Waals surface area contributed by atoms with Crippen LogP contribution in [-0.2, 0) is 16.6 Å². The highest BCUT2D eigenvalue weighted by Crippen LogP contribution is 2.34. The van der Waals surface area contributed by atoms with Crippen LogP contribution in [0.3, 0.4) is 0 Å². The van der Waals surface area contributed by atoms with E-state index < -0.39 is 19.9 Å². The molecule has 6 rings (SSSR count). The number of sulfonamides is 1. The fraction of sp³-hybridized carbons (Fsp3) is 0.367. The van der Waals surface area contributed by atoms with E-state index in [2.05, 4.69) is 15.4 Å². The van der Waals surface area contributed by atoms with Crippen molar-refractivity contribution in [3.8, 4) is 11.5 Å². The molecule has 17 heteroatoms. The lowest BCUT2D eigenvalue weighted by Gasteiger charge is -2.35. The lowest BCUT2D eigenvalue weighted by molar-refractivity contribution is -0.385. The molecule has 0 aliphatic carbocycles. The third-order valence-corrected chi connectivity index (χ3v) is 10.3. The van der Waals surface area contributed by atoms with Crippen molar-refractivity contribution in [2.24, 2.45) is 5.10 Å². The molecular weight excluding hydrogens is 632 g/mol. The molecule has 0 atom stereocenters. The highest BCUT2D eigenvalue weighted by molar-refractivity contribution is 7.89. The number of anilines is 2. The number of hydrazone groups is 1. The van der Waals surface area contributed by atoms with Gasteiger partial charge in [0.2, 0.25) is 16.8 Å². The van der Waals surface area contributed by atoms with Gasteiger partial charge in [-0.1, -0.05) is 12.1 Å². The molecule has 0 spiro atoms. The van der Waals surface area contributed by atoms with Gasteiger partial charge in [0.25, 0.3) is 11.4 Å². The monoisotopic (exact) mass is 666 g/mol. The van der Waals surface area contributed by atoms with Gasteiger partial charge in [0.1, 0.15) is 10.6 Å². The molecular formula is C30H34N8O8S. The van der Waals surface area contributed by atoms with Gasteiger partial charge in [0, 0.05) is 82.7 Å². The number of rotatable bonds is 10. The van der Waals surface area contributed by atoms with Crippen LogP contribution in [0, 0.1) is 20.2 Å². The normalized spacial score (nSPS) is 17.7. The first-order chi connectivity index (χ1) is 22.6. The second kappa shape index (κ2) is 13.5. The maximum absolute atomic E-state index is 13.5. The summed E-state index contributed by atoms with van der Waals surface area (Å²) in [5.41, 5.74) is 4.30. The Hall–Kier alpha value is -4.84. The summed E-state index contributed by atoms with van der Waals surface area (Å²) in [6.45, 7) is 5.13. The molecule has 248 valence electrons. The minimum Gasteiger partial charge on any atom is -0.454 e. The maximum Gasteiger partial charge on any atom is 0.293 e. The van der Waals surface area contributed by atoms with E-state index in [-0.39, 0.29) is 41.8 Å². The van der Waals surface area contributed by atoms with E-state index in [0.717, 1.165) is 29.7 Å². The second-order valence-electron chi connectivity index (χ2n) is 11.5. The van der Waals surface area contributed by atoms with E-state index in [1.54, 1.807) is 12.1 Å². The van der Waals surface area contributed by atoms with Crippen LogP contribution in [0.5, 0.6) is 11.5 Å². The van der Waals surface area contributed by atoms with Gasteiger partial charge in [-0.05, 0) is 36.9 Å². The molecule has 3 aromatic rings. The van der Waals surface area contributed by atoms with Crippen LogP contribution in [0.25, 0.3) is 0 Å². The van der Waals surface area contributed by atoms with E-state index in [1.165, 1.54) is 28.7 Å². The number of benzene rings is 3. The number of nitro groups is 2. The van der Waals surface area contributed by atoms with Crippen molar-refractivity contribution < 1.29 is 27.7 Å². The third-order valence-electron chi connectivity index (χ3n) is 8.41. The minimum absolute atomic E-state index is 0.0514. The fourth-order valence-electron chi connectivity index (χ4n) is 5.75. The summed E-state index contributed by atoms with van der Waals surface area (Å²) in [6, 6.07) is 14.2. The summed E-state index contributed by atoms with van der Waals surface area (Å²) >= 11 is 0. The zero-order chi connectivity index (χ0) is 33.1. The zero-order valence-corrected chi connectivity index (χ0v) is 26.5. The van der Waals surface area contributed by atoms with Gasteiger partial charge in [-0.2, -0.15) is 9.41 Å². The lowest BCUT2D eigenvalue weighted by Crippen LogP contribution is -2.47. The largest absolute Gasteiger partial charge is 0.454 e. The average molecular weight is 667 g/mol. The molecule has 47 heavy (non-hydrogen) atoms. The number of hydrogen-bond donors (Lipinski definition) is 1. The average Bonchev–Trinajstić information content (AvgIpc) is 3.53.